The Hall–Kier alpha value is -4.70. The van der Waals surface area contributed by atoms with Gasteiger partial charge in [-0.25, -0.2) is 9.66 Å². The van der Waals surface area contributed by atoms with E-state index in [9.17, 15) is 0 Å². The Morgan fingerprint density at radius 2 is 0.971 bits per heavy atom. The van der Waals surface area contributed by atoms with Crippen molar-refractivity contribution in [2.24, 2.45) is 0 Å². The molecule has 1 radical (unpaired) electrons. The number of aromatic nitrogens is 4. The van der Waals surface area contributed by atoms with Crippen molar-refractivity contribution in [3.05, 3.63) is 134 Å². The molecule has 2 aromatic heterocycles. The lowest BCUT2D eigenvalue weighted by Crippen LogP contribution is -2.10. The minimum atomic E-state index is 0.866. The van der Waals surface area contributed by atoms with E-state index in [4.69, 9.17) is 10.1 Å². The number of nitrogens with zero attached hydrogens (tertiary/aromatic N) is 4. The fraction of sp³-hybridized carbons (Fsp3) is 0. The zero-order valence-electron chi connectivity index (χ0n) is 18.4. The van der Waals surface area contributed by atoms with Gasteiger partial charge in [-0.1, -0.05) is 121 Å². The molecule has 0 saturated heterocycles. The molecule has 4 nitrogen and oxygen atoms in total. The highest BCUT2D eigenvalue weighted by molar-refractivity contribution is 5.81. The van der Waals surface area contributed by atoms with Crippen molar-refractivity contribution in [1.29, 1.82) is 0 Å². The number of hydrogen-bond donors (Lipinski definition) is 0. The van der Waals surface area contributed by atoms with Crippen LogP contribution >= 0.6 is 0 Å². The van der Waals surface area contributed by atoms with E-state index in [-0.39, 0.29) is 0 Å². The van der Waals surface area contributed by atoms with Crippen molar-refractivity contribution in [3.8, 4) is 44.9 Å². The Bertz CT molecular complexity index is 1460. The van der Waals surface area contributed by atoms with E-state index in [0.29, 0.717) is 0 Å². The molecular weight excluding hydrogens is 416 g/mol. The van der Waals surface area contributed by atoms with Crippen LogP contribution in [-0.4, -0.2) is 19.5 Å². The van der Waals surface area contributed by atoms with Gasteiger partial charge in [0.1, 0.15) is 11.4 Å². The molecule has 0 aliphatic carbocycles. The third kappa shape index (κ3) is 3.61. The smallest absolute Gasteiger partial charge is 0.200 e. The highest BCUT2D eigenvalue weighted by Crippen LogP contribution is 2.34. The predicted octanol–water partition coefficient (Wildman–Crippen LogP) is 6.86. The molecule has 4 heteroatoms. The van der Waals surface area contributed by atoms with Gasteiger partial charge in [-0.05, 0) is 5.56 Å². The molecule has 34 heavy (non-hydrogen) atoms. The summed E-state index contributed by atoms with van der Waals surface area (Å²) in [6.45, 7) is 0. The molecule has 0 saturated carbocycles. The number of imidazole rings is 1. The molecule has 2 heterocycles. The number of hydrogen-bond acceptors (Lipinski definition) is 2. The molecule has 0 N–H and O–H groups in total. The van der Waals surface area contributed by atoms with Crippen LogP contribution in [0.15, 0.2) is 128 Å². The van der Waals surface area contributed by atoms with Gasteiger partial charge in [-0.15, -0.1) is 0 Å². The summed E-state index contributed by atoms with van der Waals surface area (Å²) in [5.74, 6) is 0. The highest BCUT2D eigenvalue weighted by atomic mass is 15.6. The molecule has 0 aliphatic heterocycles. The summed E-state index contributed by atoms with van der Waals surface area (Å²) >= 11 is 0. The monoisotopic (exact) mass is 437 g/mol. The van der Waals surface area contributed by atoms with E-state index >= 15 is 0 Å². The van der Waals surface area contributed by atoms with Crippen LogP contribution < -0.4 is 0 Å². The molecule has 6 rings (SSSR count). The second-order valence-corrected chi connectivity index (χ2v) is 8.00. The SMILES string of the molecule is [c]1nc(-c2ccccc2)c(-c2ccccc2)n1-n1cc(-c2ccccc2)c(-c2ccccc2)n1. The summed E-state index contributed by atoms with van der Waals surface area (Å²) in [6.07, 6.45) is 5.25. The molecule has 0 aliphatic rings. The Balaban J connectivity index is 1.59. The first-order valence-electron chi connectivity index (χ1n) is 11.2. The van der Waals surface area contributed by atoms with E-state index < -0.39 is 0 Å². The van der Waals surface area contributed by atoms with Crippen molar-refractivity contribution in [2.75, 3.05) is 0 Å². The van der Waals surface area contributed by atoms with Gasteiger partial charge in [0.2, 0.25) is 0 Å². The van der Waals surface area contributed by atoms with Gasteiger partial charge < -0.3 is 0 Å². The summed E-state index contributed by atoms with van der Waals surface area (Å²) in [5.41, 5.74) is 8.02. The van der Waals surface area contributed by atoms with E-state index in [1.165, 1.54) is 0 Å². The molecule has 0 spiro atoms. The van der Waals surface area contributed by atoms with E-state index in [2.05, 4.69) is 61.1 Å². The highest BCUT2D eigenvalue weighted by Gasteiger charge is 2.20. The van der Waals surface area contributed by atoms with Gasteiger partial charge in [0.15, 0.2) is 6.33 Å². The normalized spacial score (nSPS) is 10.9. The molecule has 0 bridgehead atoms. The van der Waals surface area contributed by atoms with Crippen molar-refractivity contribution in [2.45, 2.75) is 0 Å². The maximum absolute atomic E-state index is 5.03. The predicted molar refractivity (Wildman–Crippen MR) is 136 cm³/mol. The zero-order chi connectivity index (χ0) is 22.7. The Labute approximate surface area is 198 Å². The van der Waals surface area contributed by atoms with Crippen LogP contribution in [0.2, 0.25) is 0 Å². The number of rotatable bonds is 5. The van der Waals surface area contributed by atoms with E-state index in [0.717, 1.165) is 44.9 Å². The number of benzene rings is 4. The van der Waals surface area contributed by atoms with Crippen LogP contribution in [0.3, 0.4) is 0 Å². The van der Waals surface area contributed by atoms with Gasteiger partial charge >= 0.3 is 0 Å². The average Bonchev–Trinajstić information content (AvgIpc) is 3.56. The third-order valence-electron chi connectivity index (χ3n) is 5.83. The maximum atomic E-state index is 5.03. The van der Waals surface area contributed by atoms with E-state index in [1.54, 1.807) is 0 Å². The Morgan fingerprint density at radius 3 is 1.53 bits per heavy atom. The first-order chi connectivity index (χ1) is 16.9. The Morgan fingerprint density at radius 1 is 0.500 bits per heavy atom. The largest absolute Gasteiger partial charge is 0.223 e. The van der Waals surface area contributed by atoms with Crippen LogP contribution in [0.4, 0.5) is 0 Å². The fourth-order valence-corrected chi connectivity index (χ4v) is 4.20. The first-order valence-corrected chi connectivity index (χ1v) is 11.2. The third-order valence-corrected chi connectivity index (χ3v) is 5.83. The summed E-state index contributed by atoms with van der Waals surface area (Å²) in [7, 11) is 0. The van der Waals surface area contributed by atoms with Gasteiger partial charge in [-0.3, -0.25) is 0 Å². The maximum Gasteiger partial charge on any atom is 0.200 e. The minimum Gasteiger partial charge on any atom is -0.223 e. The lowest BCUT2D eigenvalue weighted by atomic mass is 10.0. The molecule has 0 atom stereocenters. The van der Waals surface area contributed by atoms with Gasteiger partial charge in [-0.2, -0.15) is 9.89 Å². The Kier molecular flexibility index (Phi) is 5.09. The van der Waals surface area contributed by atoms with Crippen LogP contribution in [0, 0.1) is 6.33 Å². The van der Waals surface area contributed by atoms with Gasteiger partial charge in [0.25, 0.3) is 0 Å². The quantitative estimate of drug-likeness (QED) is 0.295. The van der Waals surface area contributed by atoms with Gasteiger partial charge in [0.05, 0.1) is 11.9 Å². The van der Waals surface area contributed by atoms with Crippen molar-refractivity contribution < 1.29 is 0 Å². The lowest BCUT2D eigenvalue weighted by Gasteiger charge is -2.10. The summed E-state index contributed by atoms with van der Waals surface area (Å²) in [5, 5.41) is 5.03. The molecular formula is C30H21N4. The minimum absolute atomic E-state index is 0.866. The van der Waals surface area contributed by atoms with Crippen LogP contribution in [0.5, 0.6) is 0 Å². The molecule has 6 aromatic rings. The average molecular weight is 438 g/mol. The zero-order valence-corrected chi connectivity index (χ0v) is 18.4. The lowest BCUT2D eigenvalue weighted by molar-refractivity contribution is 0.577. The summed E-state index contributed by atoms with van der Waals surface area (Å²) in [4.78, 5) is 6.54. The first kappa shape index (κ1) is 19.9. The van der Waals surface area contributed by atoms with Crippen molar-refractivity contribution >= 4 is 0 Å². The van der Waals surface area contributed by atoms with Crippen LogP contribution in [0.1, 0.15) is 0 Å². The van der Waals surface area contributed by atoms with Gasteiger partial charge in [0, 0.05) is 22.3 Å². The van der Waals surface area contributed by atoms with E-state index in [1.807, 2.05) is 82.3 Å². The topological polar surface area (TPSA) is 35.6 Å². The van der Waals surface area contributed by atoms with Crippen LogP contribution in [-0.2, 0) is 0 Å². The summed E-state index contributed by atoms with van der Waals surface area (Å²) < 4.78 is 1.90. The summed E-state index contributed by atoms with van der Waals surface area (Å²) in [6, 6.07) is 41.1. The fourth-order valence-electron chi connectivity index (χ4n) is 4.20. The molecule has 0 amide bonds. The van der Waals surface area contributed by atoms with Crippen molar-refractivity contribution in [1.82, 2.24) is 19.5 Å². The second kappa shape index (κ2) is 8.68. The van der Waals surface area contributed by atoms with Crippen LogP contribution in [0.25, 0.3) is 44.9 Å². The second-order valence-electron chi connectivity index (χ2n) is 8.00. The molecule has 0 unspecified atom stereocenters. The molecule has 161 valence electrons. The standard InChI is InChI=1S/C30H21N4/c1-5-13-23(14-6-1)27-21-34(32-28(27)24-15-7-2-8-16-24)33-22-31-29(25-17-9-3-10-18-25)30(33)26-19-11-4-12-20-26/h1-21H. The molecule has 0 fully saturated rings. The van der Waals surface area contributed by atoms with Crippen molar-refractivity contribution in [3.63, 3.8) is 0 Å². The molecule has 4 aromatic carbocycles.